The summed E-state index contributed by atoms with van der Waals surface area (Å²) in [6, 6.07) is 11.6. The van der Waals surface area contributed by atoms with E-state index in [1.165, 1.54) is 37.8 Å². The van der Waals surface area contributed by atoms with Gasteiger partial charge < -0.3 is 15.4 Å². The SMILES string of the molecule is CCC1CCCCN1CCNC(=NC)NCC1(c2ccccc2)CCOCC1. The van der Waals surface area contributed by atoms with Gasteiger partial charge in [0.1, 0.15) is 0 Å². The summed E-state index contributed by atoms with van der Waals surface area (Å²) < 4.78 is 5.65. The van der Waals surface area contributed by atoms with Crippen LogP contribution in [0.5, 0.6) is 0 Å². The van der Waals surface area contributed by atoms with E-state index >= 15 is 0 Å². The van der Waals surface area contributed by atoms with E-state index in [1.54, 1.807) is 0 Å². The van der Waals surface area contributed by atoms with Gasteiger partial charge in [-0.05, 0) is 44.2 Å². The number of hydrogen-bond donors (Lipinski definition) is 2. The zero-order valence-electron chi connectivity index (χ0n) is 17.8. The number of hydrogen-bond acceptors (Lipinski definition) is 3. The molecule has 0 spiro atoms. The summed E-state index contributed by atoms with van der Waals surface area (Å²) in [5.74, 6) is 0.909. The lowest BCUT2D eigenvalue weighted by Crippen LogP contribution is -2.50. The van der Waals surface area contributed by atoms with E-state index in [2.05, 4.69) is 57.8 Å². The molecule has 1 aromatic rings. The van der Waals surface area contributed by atoms with E-state index in [4.69, 9.17) is 4.74 Å². The summed E-state index contributed by atoms with van der Waals surface area (Å²) in [4.78, 5) is 7.11. The van der Waals surface area contributed by atoms with Gasteiger partial charge in [0.05, 0.1) is 0 Å². The number of nitrogens with zero attached hydrogens (tertiary/aromatic N) is 2. The van der Waals surface area contributed by atoms with Gasteiger partial charge in [-0.1, -0.05) is 43.7 Å². The highest BCUT2D eigenvalue weighted by atomic mass is 16.5. The Morgan fingerprint density at radius 3 is 2.68 bits per heavy atom. The second-order valence-corrected chi connectivity index (χ2v) is 8.21. The molecule has 0 aliphatic carbocycles. The molecule has 1 unspecified atom stereocenters. The molecular weight excluding hydrogens is 348 g/mol. The number of piperidine rings is 1. The van der Waals surface area contributed by atoms with Crippen LogP contribution in [-0.4, -0.2) is 63.3 Å². The van der Waals surface area contributed by atoms with Gasteiger partial charge >= 0.3 is 0 Å². The average Bonchev–Trinajstić information content (AvgIpc) is 2.77. The summed E-state index contributed by atoms with van der Waals surface area (Å²) >= 11 is 0. The first-order valence-corrected chi connectivity index (χ1v) is 11.1. The molecule has 0 aromatic heterocycles. The van der Waals surface area contributed by atoms with Crippen LogP contribution in [0.25, 0.3) is 0 Å². The summed E-state index contributed by atoms with van der Waals surface area (Å²) in [5.41, 5.74) is 1.53. The third-order valence-electron chi connectivity index (χ3n) is 6.57. The van der Waals surface area contributed by atoms with Crippen molar-refractivity contribution in [3.8, 4) is 0 Å². The predicted molar refractivity (Wildman–Crippen MR) is 117 cm³/mol. The minimum Gasteiger partial charge on any atom is -0.381 e. The van der Waals surface area contributed by atoms with E-state index in [9.17, 15) is 0 Å². The van der Waals surface area contributed by atoms with Crippen molar-refractivity contribution < 1.29 is 4.74 Å². The number of rotatable bonds is 7. The lowest BCUT2D eigenvalue weighted by atomic mass is 9.74. The normalized spacial score (nSPS) is 23.4. The van der Waals surface area contributed by atoms with Gasteiger partial charge in [0.25, 0.3) is 0 Å². The molecule has 3 rings (SSSR count). The first-order valence-electron chi connectivity index (χ1n) is 11.1. The van der Waals surface area contributed by atoms with Crippen LogP contribution in [0.15, 0.2) is 35.3 Å². The lowest BCUT2D eigenvalue weighted by molar-refractivity contribution is 0.0514. The summed E-state index contributed by atoms with van der Waals surface area (Å²) in [6.45, 7) is 8.14. The quantitative estimate of drug-likeness (QED) is 0.558. The van der Waals surface area contributed by atoms with Crippen molar-refractivity contribution in [2.24, 2.45) is 4.99 Å². The molecule has 5 heteroatoms. The highest BCUT2D eigenvalue weighted by Crippen LogP contribution is 2.34. The fourth-order valence-corrected chi connectivity index (χ4v) is 4.73. The molecular formula is C23H38N4O. The number of likely N-dealkylation sites (tertiary alicyclic amines) is 1. The Kier molecular flexibility index (Phi) is 8.16. The van der Waals surface area contributed by atoms with Crippen LogP contribution >= 0.6 is 0 Å². The molecule has 156 valence electrons. The zero-order valence-corrected chi connectivity index (χ0v) is 17.8. The zero-order chi connectivity index (χ0) is 19.7. The van der Waals surface area contributed by atoms with Gasteiger partial charge in [-0.25, -0.2) is 0 Å². The van der Waals surface area contributed by atoms with Crippen molar-refractivity contribution in [1.82, 2.24) is 15.5 Å². The maximum absolute atomic E-state index is 5.65. The van der Waals surface area contributed by atoms with Crippen LogP contribution in [0.3, 0.4) is 0 Å². The summed E-state index contributed by atoms with van der Waals surface area (Å²) in [7, 11) is 1.87. The highest BCUT2D eigenvalue weighted by Gasteiger charge is 2.34. The second kappa shape index (κ2) is 10.8. The van der Waals surface area contributed by atoms with Crippen LogP contribution in [0.2, 0.25) is 0 Å². The molecule has 28 heavy (non-hydrogen) atoms. The number of nitrogens with one attached hydrogen (secondary N) is 2. The van der Waals surface area contributed by atoms with E-state index in [0.717, 1.165) is 57.7 Å². The van der Waals surface area contributed by atoms with Crippen LogP contribution in [-0.2, 0) is 10.2 Å². The van der Waals surface area contributed by atoms with Gasteiger partial charge in [0, 0.05) is 51.4 Å². The van der Waals surface area contributed by atoms with Gasteiger partial charge in [-0.15, -0.1) is 0 Å². The minimum atomic E-state index is 0.122. The second-order valence-electron chi connectivity index (χ2n) is 8.21. The summed E-state index contributed by atoms with van der Waals surface area (Å²) in [5, 5.41) is 7.14. The Labute approximate surface area is 170 Å². The van der Waals surface area contributed by atoms with Crippen LogP contribution < -0.4 is 10.6 Å². The fourth-order valence-electron chi connectivity index (χ4n) is 4.73. The lowest BCUT2D eigenvalue weighted by Gasteiger charge is -2.38. The molecule has 0 amide bonds. The minimum absolute atomic E-state index is 0.122. The number of ether oxygens (including phenoxy) is 1. The van der Waals surface area contributed by atoms with E-state index in [-0.39, 0.29) is 5.41 Å². The molecule has 2 fully saturated rings. The Hall–Kier alpha value is -1.59. The first-order chi connectivity index (χ1) is 13.8. The molecule has 0 saturated carbocycles. The standard InChI is InChI=1S/C23H38N4O/c1-3-21-11-7-8-15-27(21)16-14-25-22(24-2)26-19-23(12-17-28-18-13-23)20-9-5-4-6-10-20/h4-6,9-10,21H,3,7-8,11-19H2,1-2H3,(H2,24,25,26). The van der Waals surface area contributed by atoms with Crippen molar-refractivity contribution in [3.63, 3.8) is 0 Å². The molecule has 2 aliphatic heterocycles. The Balaban J connectivity index is 1.52. The topological polar surface area (TPSA) is 48.9 Å². The first kappa shape index (κ1) is 21.1. The van der Waals surface area contributed by atoms with Crippen LogP contribution in [0.4, 0.5) is 0 Å². The van der Waals surface area contributed by atoms with Gasteiger partial charge in [-0.2, -0.15) is 0 Å². The largest absolute Gasteiger partial charge is 0.381 e. The molecule has 2 N–H and O–H groups in total. The Bertz CT molecular complexity index is 598. The smallest absolute Gasteiger partial charge is 0.191 e. The predicted octanol–water partition coefficient (Wildman–Crippen LogP) is 3.16. The molecule has 2 heterocycles. The number of guanidine groups is 1. The van der Waals surface area contributed by atoms with Crippen molar-refractivity contribution in [3.05, 3.63) is 35.9 Å². The van der Waals surface area contributed by atoms with E-state index in [1.807, 2.05) is 7.05 Å². The molecule has 0 bridgehead atoms. The average molecular weight is 387 g/mol. The molecule has 0 radical (unpaired) electrons. The highest BCUT2D eigenvalue weighted by molar-refractivity contribution is 5.79. The molecule has 2 aliphatic rings. The van der Waals surface area contributed by atoms with Crippen LogP contribution in [0, 0.1) is 0 Å². The monoisotopic (exact) mass is 386 g/mol. The Morgan fingerprint density at radius 1 is 1.18 bits per heavy atom. The third-order valence-corrected chi connectivity index (χ3v) is 6.57. The third kappa shape index (κ3) is 5.48. The molecule has 1 aromatic carbocycles. The van der Waals surface area contributed by atoms with Gasteiger partial charge in [0.15, 0.2) is 5.96 Å². The Morgan fingerprint density at radius 2 is 1.96 bits per heavy atom. The van der Waals surface area contributed by atoms with Crippen molar-refractivity contribution in [2.45, 2.75) is 56.9 Å². The van der Waals surface area contributed by atoms with Gasteiger partial charge in [-0.3, -0.25) is 9.89 Å². The van der Waals surface area contributed by atoms with E-state index in [0.29, 0.717) is 0 Å². The molecule has 2 saturated heterocycles. The van der Waals surface area contributed by atoms with E-state index < -0.39 is 0 Å². The molecule has 1 atom stereocenters. The van der Waals surface area contributed by atoms with Gasteiger partial charge in [0.2, 0.25) is 0 Å². The van der Waals surface area contributed by atoms with Crippen molar-refractivity contribution in [1.29, 1.82) is 0 Å². The fraction of sp³-hybridized carbons (Fsp3) is 0.696. The summed E-state index contributed by atoms with van der Waals surface area (Å²) in [6.07, 6.45) is 7.43. The van der Waals surface area contributed by atoms with Crippen molar-refractivity contribution in [2.75, 3.05) is 46.4 Å². The number of aliphatic imine (C=N–C) groups is 1. The van der Waals surface area contributed by atoms with Crippen LogP contribution in [0.1, 0.15) is 51.0 Å². The molecule has 5 nitrogen and oxygen atoms in total. The maximum Gasteiger partial charge on any atom is 0.191 e. The number of benzene rings is 1. The van der Waals surface area contributed by atoms with Crippen molar-refractivity contribution >= 4 is 5.96 Å². The maximum atomic E-state index is 5.65.